The number of hydrogen-bond acceptors (Lipinski definition) is 4. The van der Waals surface area contributed by atoms with Crippen LogP contribution in [0.25, 0.3) is 0 Å². The van der Waals surface area contributed by atoms with Gasteiger partial charge >= 0.3 is 0 Å². The first-order valence-electron chi connectivity index (χ1n) is 8.05. The van der Waals surface area contributed by atoms with Crippen molar-refractivity contribution in [3.05, 3.63) is 24.2 Å². The first-order chi connectivity index (χ1) is 10.6. The van der Waals surface area contributed by atoms with E-state index in [1.807, 2.05) is 19.1 Å². The second-order valence-corrected chi connectivity index (χ2v) is 7.75. The van der Waals surface area contributed by atoms with Crippen LogP contribution in [-0.4, -0.2) is 49.4 Å². The molecule has 22 heavy (non-hydrogen) atoms. The van der Waals surface area contributed by atoms with Gasteiger partial charge in [-0.15, -0.1) is 0 Å². The van der Waals surface area contributed by atoms with Crippen LogP contribution in [0.5, 0.6) is 0 Å². The molecule has 0 bridgehead atoms. The highest BCUT2D eigenvalue weighted by molar-refractivity contribution is 7.86. The summed E-state index contributed by atoms with van der Waals surface area (Å²) in [6.45, 7) is 4.16. The minimum Gasteiger partial charge on any atom is -0.468 e. The van der Waals surface area contributed by atoms with Crippen LogP contribution in [0.15, 0.2) is 22.8 Å². The summed E-state index contributed by atoms with van der Waals surface area (Å²) in [4.78, 5) is 0. The normalized spacial score (nSPS) is 28.2. The van der Waals surface area contributed by atoms with Crippen molar-refractivity contribution in [1.29, 1.82) is 0 Å². The van der Waals surface area contributed by atoms with Crippen molar-refractivity contribution < 1.29 is 17.6 Å². The SMILES string of the molecule is CCO[C@H]1CCCN(S(=O)(=O)N2CCC[C@@H]2c2ccco2)C1. The molecule has 0 spiro atoms. The summed E-state index contributed by atoms with van der Waals surface area (Å²) in [5.41, 5.74) is 0. The smallest absolute Gasteiger partial charge is 0.282 e. The van der Waals surface area contributed by atoms with E-state index in [0.29, 0.717) is 26.2 Å². The molecule has 2 atom stereocenters. The van der Waals surface area contributed by atoms with Gasteiger partial charge in [-0.3, -0.25) is 0 Å². The lowest BCUT2D eigenvalue weighted by Crippen LogP contribution is -2.49. The van der Waals surface area contributed by atoms with Gasteiger partial charge in [0.2, 0.25) is 0 Å². The molecule has 1 aromatic rings. The number of nitrogens with zero attached hydrogens (tertiary/aromatic N) is 2. The average molecular weight is 328 g/mol. The molecule has 0 aromatic carbocycles. The molecule has 0 aliphatic carbocycles. The Morgan fingerprint density at radius 3 is 2.86 bits per heavy atom. The summed E-state index contributed by atoms with van der Waals surface area (Å²) in [6.07, 6.45) is 5.08. The quantitative estimate of drug-likeness (QED) is 0.831. The zero-order chi connectivity index (χ0) is 15.6. The first-order valence-corrected chi connectivity index (χ1v) is 9.44. The van der Waals surface area contributed by atoms with Crippen molar-refractivity contribution in [3.63, 3.8) is 0 Å². The van der Waals surface area contributed by atoms with E-state index in [9.17, 15) is 8.42 Å². The molecule has 2 saturated heterocycles. The number of hydrogen-bond donors (Lipinski definition) is 0. The van der Waals surface area contributed by atoms with Gasteiger partial charge in [-0.1, -0.05) is 0 Å². The van der Waals surface area contributed by atoms with Gasteiger partial charge in [0.05, 0.1) is 18.4 Å². The van der Waals surface area contributed by atoms with Crippen molar-refractivity contribution in [2.75, 3.05) is 26.2 Å². The lowest BCUT2D eigenvalue weighted by atomic mass is 10.1. The second-order valence-electron chi connectivity index (χ2n) is 5.87. The monoisotopic (exact) mass is 328 g/mol. The largest absolute Gasteiger partial charge is 0.468 e. The van der Waals surface area contributed by atoms with Crippen LogP contribution in [0.3, 0.4) is 0 Å². The molecule has 0 unspecified atom stereocenters. The van der Waals surface area contributed by atoms with Crippen LogP contribution in [0.2, 0.25) is 0 Å². The molecule has 2 aliphatic rings. The van der Waals surface area contributed by atoms with Gasteiger partial charge in [0.15, 0.2) is 0 Å². The number of rotatable bonds is 5. The van der Waals surface area contributed by atoms with Crippen LogP contribution in [0.1, 0.15) is 44.4 Å². The van der Waals surface area contributed by atoms with Gasteiger partial charge in [-0.05, 0) is 44.7 Å². The lowest BCUT2D eigenvalue weighted by Gasteiger charge is -2.35. The van der Waals surface area contributed by atoms with Crippen LogP contribution in [-0.2, 0) is 14.9 Å². The summed E-state index contributed by atoms with van der Waals surface area (Å²) in [5, 5.41) is 0. The number of ether oxygens (including phenoxy) is 1. The van der Waals surface area contributed by atoms with Crippen molar-refractivity contribution in [2.45, 2.75) is 44.8 Å². The summed E-state index contributed by atoms with van der Waals surface area (Å²) in [7, 11) is -3.46. The molecule has 6 nitrogen and oxygen atoms in total. The van der Waals surface area contributed by atoms with Crippen molar-refractivity contribution in [1.82, 2.24) is 8.61 Å². The maximum absolute atomic E-state index is 13.0. The van der Waals surface area contributed by atoms with E-state index >= 15 is 0 Å². The predicted octanol–water partition coefficient (Wildman–Crippen LogP) is 2.16. The molecule has 7 heteroatoms. The van der Waals surface area contributed by atoms with Gasteiger partial charge in [-0.25, -0.2) is 0 Å². The third-order valence-electron chi connectivity index (χ3n) is 4.44. The molecule has 0 amide bonds. The standard InChI is InChI=1S/C15H24N2O4S/c1-2-20-13-6-3-9-16(12-13)22(18,19)17-10-4-7-14(17)15-8-5-11-21-15/h5,8,11,13-14H,2-4,6-7,9-10,12H2,1H3/t13-,14+/m0/s1. The molecule has 2 aliphatic heterocycles. The highest BCUT2D eigenvalue weighted by atomic mass is 32.2. The van der Waals surface area contributed by atoms with E-state index in [4.69, 9.17) is 9.15 Å². The lowest BCUT2D eigenvalue weighted by molar-refractivity contribution is 0.0249. The van der Waals surface area contributed by atoms with E-state index in [1.54, 1.807) is 14.9 Å². The second kappa shape index (κ2) is 6.70. The van der Waals surface area contributed by atoms with Crippen LogP contribution >= 0.6 is 0 Å². The highest BCUT2D eigenvalue weighted by Gasteiger charge is 2.41. The Bertz CT molecular complexity index is 570. The number of furan rings is 1. The maximum Gasteiger partial charge on any atom is 0.282 e. The van der Waals surface area contributed by atoms with Crippen molar-refractivity contribution >= 4 is 10.2 Å². The van der Waals surface area contributed by atoms with Gasteiger partial charge in [0.25, 0.3) is 10.2 Å². The molecular formula is C15H24N2O4S. The zero-order valence-electron chi connectivity index (χ0n) is 13.0. The minimum absolute atomic E-state index is 0.0122. The fourth-order valence-electron chi connectivity index (χ4n) is 3.42. The van der Waals surface area contributed by atoms with Crippen LogP contribution < -0.4 is 0 Å². The molecule has 0 saturated carbocycles. The molecular weight excluding hydrogens is 304 g/mol. The summed E-state index contributed by atoms with van der Waals surface area (Å²) in [6, 6.07) is 3.50. The zero-order valence-corrected chi connectivity index (χ0v) is 13.8. The van der Waals surface area contributed by atoms with Crippen LogP contribution in [0.4, 0.5) is 0 Å². The van der Waals surface area contributed by atoms with Crippen molar-refractivity contribution in [2.24, 2.45) is 0 Å². The van der Waals surface area contributed by atoms with E-state index in [0.717, 1.165) is 31.4 Å². The van der Waals surface area contributed by atoms with Gasteiger partial charge in [0.1, 0.15) is 5.76 Å². The Morgan fingerprint density at radius 1 is 1.32 bits per heavy atom. The van der Waals surface area contributed by atoms with E-state index < -0.39 is 10.2 Å². The fourth-order valence-corrected chi connectivity index (χ4v) is 5.32. The fraction of sp³-hybridized carbons (Fsp3) is 0.733. The Morgan fingerprint density at radius 2 is 2.14 bits per heavy atom. The van der Waals surface area contributed by atoms with Gasteiger partial charge < -0.3 is 9.15 Å². The minimum atomic E-state index is -3.46. The van der Waals surface area contributed by atoms with Gasteiger partial charge in [-0.2, -0.15) is 17.0 Å². The maximum atomic E-state index is 13.0. The number of piperidine rings is 1. The summed E-state index contributed by atoms with van der Waals surface area (Å²) >= 11 is 0. The Labute approximate surface area is 132 Å². The predicted molar refractivity (Wildman–Crippen MR) is 82.5 cm³/mol. The van der Waals surface area contributed by atoms with E-state index in [2.05, 4.69) is 0 Å². The molecule has 0 radical (unpaired) electrons. The molecule has 0 N–H and O–H groups in total. The van der Waals surface area contributed by atoms with E-state index in [-0.39, 0.29) is 12.1 Å². The Balaban J connectivity index is 1.77. The molecule has 3 rings (SSSR count). The molecule has 124 valence electrons. The Kier molecular flexibility index (Phi) is 4.87. The van der Waals surface area contributed by atoms with E-state index in [1.165, 1.54) is 0 Å². The van der Waals surface area contributed by atoms with Crippen LogP contribution in [0, 0.1) is 0 Å². The summed E-state index contributed by atoms with van der Waals surface area (Å²) < 4.78 is 40.2. The molecule has 3 heterocycles. The third-order valence-corrected chi connectivity index (χ3v) is 6.46. The third kappa shape index (κ3) is 3.08. The first kappa shape index (κ1) is 16.0. The summed E-state index contributed by atoms with van der Waals surface area (Å²) in [5.74, 6) is 0.736. The topological polar surface area (TPSA) is 63.0 Å². The highest BCUT2D eigenvalue weighted by Crippen LogP contribution is 2.36. The van der Waals surface area contributed by atoms with Gasteiger partial charge in [0, 0.05) is 26.2 Å². The molecule has 1 aromatic heterocycles. The molecule has 2 fully saturated rings. The Hall–Kier alpha value is -0.890. The average Bonchev–Trinajstić information content (AvgIpc) is 3.19. The van der Waals surface area contributed by atoms with Crippen molar-refractivity contribution in [3.8, 4) is 0 Å².